The van der Waals surface area contributed by atoms with Gasteiger partial charge in [-0.15, -0.1) is 0 Å². The van der Waals surface area contributed by atoms with E-state index in [1.54, 1.807) is 59.5 Å². The Morgan fingerprint density at radius 2 is 1.71 bits per heavy atom. The van der Waals surface area contributed by atoms with Crippen molar-refractivity contribution in [1.29, 1.82) is 0 Å². The van der Waals surface area contributed by atoms with Crippen LogP contribution in [0.3, 0.4) is 0 Å². The fourth-order valence-corrected chi connectivity index (χ4v) is 5.62. The van der Waals surface area contributed by atoms with E-state index in [1.165, 1.54) is 0 Å². The van der Waals surface area contributed by atoms with Gasteiger partial charge in [-0.05, 0) is 80.8 Å². The third-order valence-electron chi connectivity index (χ3n) is 6.03. The second-order valence-corrected chi connectivity index (χ2v) is 10.7. The van der Waals surface area contributed by atoms with Crippen LogP contribution in [-0.4, -0.2) is 33.3 Å². The molecule has 0 unspecified atom stereocenters. The topological polar surface area (TPSA) is 86.8 Å². The van der Waals surface area contributed by atoms with Gasteiger partial charge in [0.25, 0.3) is 10.0 Å². The highest BCUT2D eigenvalue weighted by molar-refractivity contribution is 7.92. The average molecular weight is 492 g/mol. The van der Waals surface area contributed by atoms with E-state index in [1.807, 2.05) is 32.9 Å². The van der Waals surface area contributed by atoms with E-state index >= 15 is 0 Å². The van der Waals surface area contributed by atoms with Crippen molar-refractivity contribution in [3.8, 4) is 0 Å². The van der Waals surface area contributed by atoms with Gasteiger partial charge < -0.3 is 10.2 Å². The van der Waals surface area contributed by atoms with Gasteiger partial charge in [0.2, 0.25) is 11.8 Å². The summed E-state index contributed by atoms with van der Waals surface area (Å²) in [7, 11) is -3.98. The molecule has 0 spiro atoms. The zero-order valence-electron chi connectivity index (χ0n) is 20.1. The Morgan fingerprint density at radius 1 is 0.971 bits per heavy atom. The summed E-state index contributed by atoms with van der Waals surface area (Å²) in [6, 6.07) is 19.0. The van der Waals surface area contributed by atoms with Gasteiger partial charge in [-0.2, -0.15) is 0 Å². The van der Waals surface area contributed by atoms with Crippen molar-refractivity contribution in [1.82, 2.24) is 0 Å². The van der Waals surface area contributed by atoms with Crippen molar-refractivity contribution in [2.75, 3.05) is 27.6 Å². The summed E-state index contributed by atoms with van der Waals surface area (Å²) in [5.74, 6) is -0.369. The highest BCUT2D eigenvalue weighted by Crippen LogP contribution is 2.28. The molecule has 1 heterocycles. The van der Waals surface area contributed by atoms with Crippen molar-refractivity contribution >= 4 is 38.9 Å². The molecule has 1 saturated heterocycles. The molecular weight excluding hydrogens is 462 g/mol. The number of anilines is 3. The van der Waals surface area contributed by atoms with Gasteiger partial charge in [0.1, 0.15) is 6.54 Å². The first-order valence-corrected chi connectivity index (χ1v) is 13.0. The SMILES string of the molecule is Cc1ccc(S(=O)(=O)N(CC(=O)Nc2ccc(N3CCCC3=O)c(C)c2)c2cccc(C)c2)cc1. The second-order valence-electron chi connectivity index (χ2n) is 8.86. The van der Waals surface area contributed by atoms with Gasteiger partial charge >= 0.3 is 0 Å². The Hall–Kier alpha value is -3.65. The summed E-state index contributed by atoms with van der Waals surface area (Å²) < 4.78 is 28.2. The molecule has 1 fully saturated rings. The van der Waals surface area contributed by atoms with Crippen molar-refractivity contribution in [2.45, 2.75) is 38.5 Å². The maximum Gasteiger partial charge on any atom is 0.264 e. The molecule has 0 atom stereocenters. The minimum atomic E-state index is -3.98. The lowest BCUT2D eigenvalue weighted by Gasteiger charge is -2.25. The Balaban J connectivity index is 1.59. The van der Waals surface area contributed by atoms with E-state index in [0.29, 0.717) is 24.3 Å². The number of nitrogens with one attached hydrogen (secondary N) is 1. The van der Waals surface area contributed by atoms with Gasteiger partial charge in [-0.3, -0.25) is 13.9 Å². The predicted molar refractivity (Wildman–Crippen MR) is 138 cm³/mol. The van der Waals surface area contributed by atoms with E-state index in [9.17, 15) is 18.0 Å². The summed E-state index contributed by atoms with van der Waals surface area (Å²) in [5.41, 5.74) is 4.47. The minimum Gasteiger partial charge on any atom is -0.325 e. The van der Waals surface area contributed by atoms with Crippen LogP contribution in [0.5, 0.6) is 0 Å². The third kappa shape index (κ3) is 5.38. The number of rotatable bonds is 7. The van der Waals surface area contributed by atoms with Gasteiger partial charge in [0.15, 0.2) is 0 Å². The first-order chi connectivity index (χ1) is 16.6. The molecule has 0 aliphatic carbocycles. The van der Waals surface area contributed by atoms with E-state index in [-0.39, 0.29) is 17.3 Å². The molecule has 182 valence electrons. The molecule has 0 bridgehead atoms. The molecule has 1 N–H and O–H groups in total. The van der Waals surface area contributed by atoms with Crippen molar-refractivity contribution in [2.24, 2.45) is 0 Å². The number of sulfonamides is 1. The maximum atomic E-state index is 13.5. The third-order valence-corrected chi connectivity index (χ3v) is 7.82. The maximum absolute atomic E-state index is 13.5. The van der Waals surface area contributed by atoms with Crippen molar-refractivity contribution < 1.29 is 18.0 Å². The molecule has 0 saturated carbocycles. The second kappa shape index (κ2) is 9.92. The molecule has 3 aromatic carbocycles. The number of carbonyl (C=O) groups is 2. The molecule has 4 rings (SSSR count). The van der Waals surface area contributed by atoms with Crippen molar-refractivity contribution in [3.63, 3.8) is 0 Å². The highest BCUT2D eigenvalue weighted by Gasteiger charge is 2.28. The summed E-state index contributed by atoms with van der Waals surface area (Å²) in [6.07, 6.45) is 1.38. The van der Waals surface area contributed by atoms with E-state index in [0.717, 1.165) is 33.1 Å². The summed E-state index contributed by atoms with van der Waals surface area (Å²) >= 11 is 0. The van der Waals surface area contributed by atoms with Crippen LogP contribution < -0.4 is 14.5 Å². The average Bonchev–Trinajstić information content (AvgIpc) is 3.23. The van der Waals surface area contributed by atoms with Crippen LogP contribution in [0.2, 0.25) is 0 Å². The van der Waals surface area contributed by atoms with Crippen molar-refractivity contribution in [3.05, 3.63) is 83.4 Å². The lowest BCUT2D eigenvalue weighted by atomic mass is 10.1. The number of carbonyl (C=O) groups excluding carboxylic acids is 2. The largest absolute Gasteiger partial charge is 0.325 e. The first-order valence-electron chi connectivity index (χ1n) is 11.5. The van der Waals surface area contributed by atoms with E-state index in [2.05, 4.69) is 5.32 Å². The molecule has 8 heteroatoms. The van der Waals surface area contributed by atoms with Crippen LogP contribution in [0, 0.1) is 20.8 Å². The predicted octanol–water partition coefficient (Wildman–Crippen LogP) is 4.57. The van der Waals surface area contributed by atoms with Gasteiger partial charge in [-0.25, -0.2) is 8.42 Å². The van der Waals surface area contributed by atoms with Gasteiger partial charge in [0, 0.05) is 24.3 Å². The molecule has 1 aliphatic heterocycles. The monoisotopic (exact) mass is 491 g/mol. The van der Waals surface area contributed by atoms with Crippen LogP contribution in [-0.2, 0) is 19.6 Å². The zero-order valence-corrected chi connectivity index (χ0v) is 20.9. The Morgan fingerprint density at radius 3 is 2.34 bits per heavy atom. The molecule has 1 aliphatic rings. The van der Waals surface area contributed by atoms with E-state index < -0.39 is 15.9 Å². The van der Waals surface area contributed by atoms with Crippen LogP contribution in [0.25, 0.3) is 0 Å². The standard InChI is InChI=1S/C27H29N3O4S/c1-19-9-12-24(13-10-19)35(33,34)30(23-7-4-6-20(2)16-23)18-26(31)28-22-11-14-25(21(3)17-22)29-15-5-8-27(29)32/h4,6-7,9-14,16-17H,5,8,15,18H2,1-3H3,(H,28,31). The van der Waals surface area contributed by atoms with Gasteiger partial charge in [0.05, 0.1) is 10.6 Å². The molecule has 3 aromatic rings. The summed E-state index contributed by atoms with van der Waals surface area (Å²) in [5, 5.41) is 2.81. The number of hydrogen-bond acceptors (Lipinski definition) is 4. The quantitative estimate of drug-likeness (QED) is 0.524. The summed E-state index contributed by atoms with van der Waals surface area (Å²) in [4.78, 5) is 27.0. The van der Waals surface area contributed by atoms with Crippen LogP contribution in [0.15, 0.2) is 71.6 Å². The molecule has 35 heavy (non-hydrogen) atoms. The van der Waals surface area contributed by atoms with Crippen LogP contribution in [0.1, 0.15) is 29.5 Å². The number of nitrogens with zero attached hydrogens (tertiary/aromatic N) is 2. The van der Waals surface area contributed by atoms with Crippen LogP contribution in [0.4, 0.5) is 17.1 Å². The lowest BCUT2D eigenvalue weighted by Crippen LogP contribution is -2.38. The fraction of sp³-hybridized carbons (Fsp3) is 0.259. The van der Waals surface area contributed by atoms with Gasteiger partial charge in [-0.1, -0.05) is 29.8 Å². The molecule has 7 nitrogen and oxygen atoms in total. The number of aryl methyl sites for hydroxylation is 3. The highest BCUT2D eigenvalue weighted by atomic mass is 32.2. The number of amides is 2. The fourth-order valence-electron chi connectivity index (χ4n) is 4.21. The molecule has 0 aromatic heterocycles. The Labute approximate surface area is 206 Å². The molecular formula is C27H29N3O4S. The molecule has 0 radical (unpaired) electrons. The normalized spacial score (nSPS) is 13.7. The van der Waals surface area contributed by atoms with E-state index in [4.69, 9.17) is 0 Å². The smallest absolute Gasteiger partial charge is 0.264 e. The molecule has 2 amide bonds. The Kier molecular flexibility index (Phi) is 6.93. The Bertz CT molecular complexity index is 1370. The minimum absolute atomic E-state index is 0.0972. The first kappa shape index (κ1) is 24.5. The summed E-state index contributed by atoms with van der Waals surface area (Å²) in [6.45, 7) is 5.95. The lowest BCUT2D eigenvalue weighted by molar-refractivity contribution is -0.117. The number of benzene rings is 3. The zero-order chi connectivity index (χ0) is 25.2. The van der Waals surface area contributed by atoms with Crippen LogP contribution >= 0.6 is 0 Å². The number of hydrogen-bond donors (Lipinski definition) is 1.